The first-order chi connectivity index (χ1) is 14.1. The Labute approximate surface area is 180 Å². The SMILES string of the molecule is CC(C)(C)c1ccc(OCc2nn3c(C4CCN(S(C)(=O)=O)CC4)nnc3s2)cc1. The van der Waals surface area contributed by atoms with Crippen molar-refractivity contribution in [2.24, 2.45) is 0 Å². The lowest BCUT2D eigenvalue weighted by molar-refractivity contribution is 0.301. The Morgan fingerprint density at radius 2 is 1.80 bits per heavy atom. The number of hydrogen-bond acceptors (Lipinski definition) is 7. The lowest BCUT2D eigenvalue weighted by atomic mass is 9.87. The van der Waals surface area contributed by atoms with E-state index in [4.69, 9.17) is 4.74 Å². The minimum atomic E-state index is -3.14. The van der Waals surface area contributed by atoms with Gasteiger partial charge in [0.05, 0.1) is 6.26 Å². The maximum atomic E-state index is 11.7. The Kier molecular flexibility index (Phi) is 5.58. The second kappa shape index (κ2) is 7.90. The van der Waals surface area contributed by atoms with Crippen LogP contribution in [0, 0.1) is 0 Å². The van der Waals surface area contributed by atoms with Gasteiger partial charge in [0.1, 0.15) is 12.4 Å². The van der Waals surface area contributed by atoms with E-state index in [9.17, 15) is 8.42 Å². The predicted octanol–water partition coefficient (Wildman–Crippen LogP) is 3.20. The number of hydrogen-bond donors (Lipinski definition) is 0. The minimum absolute atomic E-state index is 0.111. The van der Waals surface area contributed by atoms with Crippen LogP contribution in [-0.2, 0) is 22.0 Å². The Morgan fingerprint density at radius 1 is 1.13 bits per heavy atom. The molecule has 0 amide bonds. The molecular formula is C20H27N5O3S2. The van der Waals surface area contributed by atoms with E-state index in [1.165, 1.54) is 27.5 Å². The third-order valence-corrected chi connectivity index (χ3v) is 7.60. The van der Waals surface area contributed by atoms with E-state index in [2.05, 4.69) is 48.2 Å². The molecule has 2 aromatic heterocycles. The van der Waals surface area contributed by atoms with Crippen molar-refractivity contribution in [3.8, 4) is 5.75 Å². The molecular weight excluding hydrogens is 422 g/mol. The Morgan fingerprint density at radius 3 is 2.40 bits per heavy atom. The second-order valence-electron chi connectivity index (χ2n) is 8.75. The zero-order valence-electron chi connectivity index (χ0n) is 17.7. The predicted molar refractivity (Wildman–Crippen MR) is 117 cm³/mol. The molecule has 3 aromatic rings. The second-order valence-corrected chi connectivity index (χ2v) is 11.8. The molecule has 1 aliphatic heterocycles. The van der Waals surface area contributed by atoms with Gasteiger partial charge in [-0.2, -0.15) is 9.61 Å². The van der Waals surface area contributed by atoms with Gasteiger partial charge in [-0.15, -0.1) is 10.2 Å². The van der Waals surface area contributed by atoms with Crippen LogP contribution in [0.4, 0.5) is 0 Å². The molecule has 30 heavy (non-hydrogen) atoms. The molecule has 3 heterocycles. The van der Waals surface area contributed by atoms with Crippen molar-refractivity contribution in [1.29, 1.82) is 0 Å². The molecule has 162 valence electrons. The van der Waals surface area contributed by atoms with E-state index < -0.39 is 10.0 Å². The number of aromatic nitrogens is 4. The van der Waals surface area contributed by atoms with Crippen molar-refractivity contribution in [3.05, 3.63) is 40.7 Å². The molecule has 1 aliphatic rings. The summed E-state index contributed by atoms with van der Waals surface area (Å²) in [6.07, 6.45) is 2.70. The minimum Gasteiger partial charge on any atom is -0.486 e. The van der Waals surface area contributed by atoms with Crippen LogP contribution in [0.1, 0.15) is 55.9 Å². The molecule has 1 fully saturated rings. The fraction of sp³-hybridized carbons (Fsp3) is 0.550. The van der Waals surface area contributed by atoms with E-state index in [1.54, 1.807) is 4.52 Å². The third-order valence-electron chi connectivity index (χ3n) is 5.43. The number of fused-ring (bicyclic) bond motifs is 1. The number of sulfonamides is 1. The van der Waals surface area contributed by atoms with Crippen LogP contribution in [0.5, 0.6) is 5.75 Å². The first-order valence-electron chi connectivity index (χ1n) is 10.0. The van der Waals surface area contributed by atoms with Crippen molar-refractivity contribution in [2.75, 3.05) is 19.3 Å². The Hall–Kier alpha value is -2.04. The van der Waals surface area contributed by atoms with Crippen LogP contribution in [0.2, 0.25) is 0 Å². The van der Waals surface area contributed by atoms with Crippen LogP contribution in [0.3, 0.4) is 0 Å². The van der Waals surface area contributed by atoms with Gasteiger partial charge >= 0.3 is 0 Å². The fourth-order valence-electron chi connectivity index (χ4n) is 3.63. The molecule has 0 aliphatic carbocycles. The Bertz CT molecular complexity index is 1120. The van der Waals surface area contributed by atoms with E-state index in [0.29, 0.717) is 19.7 Å². The molecule has 8 nitrogen and oxygen atoms in total. The molecule has 1 aromatic carbocycles. The van der Waals surface area contributed by atoms with Gasteiger partial charge in [-0.3, -0.25) is 0 Å². The summed E-state index contributed by atoms with van der Waals surface area (Å²) in [6, 6.07) is 8.16. The van der Waals surface area contributed by atoms with Crippen LogP contribution >= 0.6 is 11.3 Å². The van der Waals surface area contributed by atoms with Crippen molar-refractivity contribution >= 4 is 26.3 Å². The molecule has 0 atom stereocenters. The summed E-state index contributed by atoms with van der Waals surface area (Å²) in [5, 5.41) is 14.0. The average molecular weight is 450 g/mol. The molecule has 1 saturated heterocycles. The summed E-state index contributed by atoms with van der Waals surface area (Å²) in [5.41, 5.74) is 1.38. The first-order valence-corrected chi connectivity index (χ1v) is 12.7. The molecule has 0 saturated carbocycles. The van der Waals surface area contributed by atoms with Crippen LogP contribution < -0.4 is 4.74 Å². The van der Waals surface area contributed by atoms with Gasteiger partial charge in [0.25, 0.3) is 0 Å². The van der Waals surface area contributed by atoms with Crippen LogP contribution in [-0.4, -0.2) is 51.9 Å². The molecule has 10 heteroatoms. The monoisotopic (exact) mass is 449 g/mol. The maximum Gasteiger partial charge on any atom is 0.234 e. The summed E-state index contributed by atoms with van der Waals surface area (Å²) in [7, 11) is -3.14. The summed E-state index contributed by atoms with van der Waals surface area (Å²) >= 11 is 1.46. The largest absolute Gasteiger partial charge is 0.486 e. The molecule has 0 bridgehead atoms. The fourth-order valence-corrected chi connectivity index (χ4v) is 5.25. The number of ether oxygens (including phenoxy) is 1. The van der Waals surface area contributed by atoms with Gasteiger partial charge in [0.15, 0.2) is 10.8 Å². The van der Waals surface area contributed by atoms with Gasteiger partial charge in [0, 0.05) is 19.0 Å². The number of piperidine rings is 1. The third kappa shape index (κ3) is 4.50. The first kappa shape index (κ1) is 21.2. The standard InChI is InChI=1S/C20H27N5O3S2/c1-20(2,3)15-5-7-16(8-6-15)28-13-17-23-25-18(21-22-19(25)29-17)14-9-11-24(12-10-14)30(4,26)27/h5-8,14H,9-13H2,1-4H3. The highest BCUT2D eigenvalue weighted by atomic mass is 32.2. The zero-order valence-corrected chi connectivity index (χ0v) is 19.3. The van der Waals surface area contributed by atoms with Crippen molar-refractivity contribution in [3.63, 3.8) is 0 Å². The van der Waals surface area contributed by atoms with Crippen molar-refractivity contribution in [1.82, 2.24) is 24.1 Å². The highest BCUT2D eigenvalue weighted by molar-refractivity contribution is 7.88. The van der Waals surface area contributed by atoms with Gasteiger partial charge in [-0.25, -0.2) is 12.7 Å². The van der Waals surface area contributed by atoms with Gasteiger partial charge in [0.2, 0.25) is 15.0 Å². The topological polar surface area (TPSA) is 89.7 Å². The van der Waals surface area contributed by atoms with E-state index >= 15 is 0 Å². The molecule has 0 N–H and O–H groups in total. The van der Waals surface area contributed by atoms with Gasteiger partial charge in [-0.05, 0) is 36.0 Å². The van der Waals surface area contributed by atoms with Crippen molar-refractivity contribution in [2.45, 2.75) is 51.6 Å². The molecule has 0 spiro atoms. The zero-order chi connectivity index (χ0) is 21.5. The summed E-state index contributed by atoms with van der Waals surface area (Å²) in [4.78, 5) is 0.734. The van der Waals surface area contributed by atoms with E-state index in [1.807, 2.05) is 12.1 Å². The summed E-state index contributed by atoms with van der Waals surface area (Å²) in [6.45, 7) is 7.93. The number of nitrogens with zero attached hydrogens (tertiary/aromatic N) is 5. The molecule has 0 unspecified atom stereocenters. The normalized spacial score (nSPS) is 16.9. The summed E-state index contributed by atoms with van der Waals surface area (Å²) < 4.78 is 32.7. The van der Waals surface area contributed by atoms with Crippen LogP contribution in [0.15, 0.2) is 24.3 Å². The Balaban J connectivity index is 1.42. The quantitative estimate of drug-likeness (QED) is 0.594. The highest BCUT2D eigenvalue weighted by Gasteiger charge is 2.29. The average Bonchev–Trinajstić information content (AvgIpc) is 3.26. The lowest BCUT2D eigenvalue weighted by Crippen LogP contribution is -2.37. The summed E-state index contributed by atoms with van der Waals surface area (Å²) in [5.74, 6) is 1.76. The smallest absolute Gasteiger partial charge is 0.234 e. The molecule has 4 rings (SSSR count). The van der Waals surface area contributed by atoms with Crippen molar-refractivity contribution < 1.29 is 13.2 Å². The maximum absolute atomic E-state index is 11.7. The van der Waals surface area contributed by atoms with E-state index in [0.717, 1.165) is 34.4 Å². The molecule has 0 radical (unpaired) electrons. The van der Waals surface area contributed by atoms with Crippen LogP contribution in [0.25, 0.3) is 4.96 Å². The highest BCUT2D eigenvalue weighted by Crippen LogP contribution is 2.29. The number of benzene rings is 1. The van der Waals surface area contributed by atoms with Gasteiger partial charge in [-0.1, -0.05) is 44.2 Å². The van der Waals surface area contributed by atoms with E-state index in [-0.39, 0.29) is 11.3 Å². The van der Waals surface area contributed by atoms with Gasteiger partial charge < -0.3 is 4.74 Å². The lowest BCUT2D eigenvalue weighted by Gasteiger charge is -2.28. The number of rotatable bonds is 5.